The molecule has 0 radical (unpaired) electrons. The molecule has 3 aromatic heterocycles. The van der Waals surface area contributed by atoms with E-state index in [2.05, 4.69) is 20.3 Å². The summed E-state index contributed by atoms with van der Waals surface area (Å²) in [6.07, 6.45) is 7.80. The van der Waals surface area contributed by atoms with Crippen LogP contribution < -0.4 is 0 Å². The van der Waals surface area contributed by atoms with Crippen LogP contribution in [0.3, 0.4) is 0 Å². The highest BCUT2D eigenvalue weighted by Gasteiger charge is 2.39. The molecule has 0 bridgehead atoms. The average Bonchev–Trinajstić information content (AvgIpc) is 3.32. The summed E-state index contributed by atoms with van der Waals surface area (Å²) in [6.45, 7) is 1.26. The average molecular weight is 360 g/mol. The predicted molar refractivity (Wildman–Crippen MR) is 93.3 cm³/mol. The van der Waals surface area contributed by atoms with E-state index in [4.69, 9.17) is 0 Å². The van der Waals surface area contributed by atoms with E-state index in [1.807, 2.05) is 17.2 Å². The van der Waals surface area contributed by atoms with Gasteiger partial charge in [0.15, 0.2) is 0 Å². The van der Waals surface area contributed by atoms with Crippen molar-refractivity contribution in [3.63, 3.8) is 0 Å². The molecular weight excluding hydrogens is 338 g/mol. The van der Waals surface area contributed by atoms with Gasteiger partial charge in [-0.15, -0.1) is 5.10 Å². The molecule has 2 aliphatic rings. The second kappa shape index (κ2) is 5.97. The highest BCUT2D eigenvalue weighted by Crippen LogP contribution is 2.38. The number of aromatic nitrogens is 5. The molecule has 5 rings (SSSR count). The van der Waals surface area contributed by atoms with Gasteiger partial charge in [0.2, 0.25) is 0 Å². The molecule has 0 atom stereocenters. The number of H-pyrrole nitrogens is 1. The van der Waals surface area contributed by atoms with Crippen LogP contribution in [0.5, 0.6) is 0 Å². The lowest BCUT2D eigenvalue weighted by Crippen LogP contribution is -2.31. The zero-order valence-corrected chi connectivity index (χ0v) is 14.5. The van der Waals surface area contributed by atoms with Crippen molar-refractivity contribution in [3.05, 3.63) is 24.3 Å². The minimum Gasteiger partial charge on any atom is -0.346 e. The van der Waals surface area contributed by atoms with Crippen molar-refractivity contribution < 1.29 is 8.78 Å². The van der Waals surface area contributed by atoms with Crippen molar-refractivity contribution in [2.75, 3.05) is 19.6 Å². The van der Waals surface area contributed by atoms with Crippen molar-refractivity contribution in [2.45, 2.75) is 43.9 Å². The third-order valence-corrected chi connectivity index (χ3v) is 6.00. The predicted octanol–water partition coefficient (Wildman–Crippen LogP) is 3.22. The highest BCUT2D eigenvalue weighted by atomic mass is 19.3. The molecule has 0 spiro atoms. The molecule has 0 aromatic carbocycles. The van der Waals surface area contributed by atoms with Crippen LogP contribution in [0.4, 0.5) is 8.78 Å². The van der Waals surface area contributed by atoms with E-state index >= 15 is 0 Å². The largest absolute Gasteiger partial charge is 0.346 e. The maximum absolute atomic E-state index is 13.4. The van der Waals surface area contributed by atoms with Gasteiger partial charge in [-0.3, -0.25) is 4.90 Å². The molecule has 1 saturated carbocycles. The summed E-state index contributed by atoms with van der Waals surface area (Å²) in [4.78, 5) is 9.42. The number of likely N-dealkylation sites (tertiary alicyclic amines) is 1. The summed E-state index contributed by atoms with van der Waals surface area (Å²) in [5.41, 5.74) is 2.94. The maximum atomic E-state index is 13.4. The van der Waals surface area contributed by atoms with Gasteiger partial charge in [0, 0.05) is 37.0 Å². The Morgan fingerprint density at radius 2 is 2.08 bits per heavy atom. The third kappa shape index (κ3) is 2.76. The number of nitrogens with zero attached hydrogens (tertiary/aromatic N) is 5. The van der Waals surface area contributed by atoms with E-state index in [-0.39, 0.29) is 13.0 Å². The van der Waals surface area contributed by atoms with Crippen molar-refractivity contribution in [1.29, 1.82) is 0 Å². The Balaban J connectivity index is 1.30. The molecule has 1 N–H and O–H groups in total. The molecule has 4 heterocycles. The van der Waals surface area contributed by atoms with Crippen LogP contribution in [0.1, 0.15) is 43.7 Å². The van der Waals surface area contributed by atoms with Crippen molar-refractivity contribution in [3.8, 4) is 0 Å². The Bertz CT molecular complexity index is 924. The Morgan fingerprint density at radius 1 is 1.23 bits per heavy atom. The van der Waals surface area contributed by atoms with Crippen molar-refractivity contribution >= 4 is 16.6 Å². The van der Waals surface area contributed by atoms with Crippen LogP contribution in [0, 0.1) is 5.92 Å². The van der Waals surface area contributed by atoms with Gasteiger partial charge in [-0.25, -0.2) is 18.3 Å². The molecule has 6 nitrogen and oxygen atoms in total. The lowest BCUT2D eigenvalue weighted by Gasteiger charge is -2.30. The molecule has 2 fully saturated rings. The molecule has 26 heavy (non-hydrogen) atoms. The minimum atomic E-state index is -2.49. The number of rotatable bonds is 3. The first-order valence-electron chi connectivity index (χ1n) is 9.36. The molecular formula is C18H22F2N6. The first-order valence-corrected chi connectivity index (χ1v) is 9.36. The SMILES string of the molecule is FC1(F)CCN(CC2CCC(c3nnn4cnc5[nH]ccc5c34)CC2)C1. The Morgan fingerprint density at radius 3 is 2.85 bits per heavy atom. The summed E-state index contributed by atoms with van der Waals surface area (Å²) < 4.78 is 28.5. The molecule has 0 amide bonds. The number of nitrogens with one attached hydrogen (secondary N) is 1. The number of aromatic amines is 1. The quantitative estimate of drug-likeness (QED) is 0.779. The van der Waals surface area contributed by atoms with Gasteiger partial charge in [-0.05, 0) is 37.7 Å². The molecule has 8 heteroatoms. The highest BCUT2D eigenvalue weighted by molar-refractivity contribution is 5.92. The van der Waals surface area contributed by atoms with Gasteiger partial charge in [0.1, 0.15) is 17.5 Å². The minimum absolute atomic E-state index is 0.00929. The van der Waals surface area contributed by atoms with Gasteiger partial charge >= 0.3 is 0 Å². The molecule has 3 aromatic rings. The van der Waals surface area contributed by atoms with Crippen molar-refractivity contribution in [1.82, 2.24) is 29.7 Å². The van der Waals surface area contributed by atoms with Crippen LogP contribution in [-0.4, -0.2) is 55.3 Å². The molecule has 1 aliphatic carbocycles. The zero-order valence-electron chi connectivity index (χ0n) is 14.5. The topological polar surface area (TPSA) is 62.1 Å². The summed E-state index contributed by atoms with van der Waals surface area (Å²) >= 11 is 0. The summed E-state index contributed by atoms with van der Waals surface area (Å²) in [5, 5.41) is 9.74. The summed E-state index contributed by atoms with van der Waals surface area (Å²) in [5.74, 6) is -1.60. The fraction of sp³-hybridized carbons (Fsp3) is 0.611. The molecule has 0 unspecified atom stereocenters. The first kappa shape index (κ1) is 16.1. The van der Waals surface area contributed by atoms with Crippen LogP contribution in [0.2, 0.25) is 0 Å². The van der Waals surface area contributed by atoms with Gasteiger partial charge in [-0.2, -0.15) is 0 Å². The number of alkyl halides is 2. The van der Waals surface area contributed by atoms with Crippen LogP contribution >= 0.6 is 0 Å². The van der Waals surface area contributed by atoms with E-state index in [1.54, 1.807) is 10.8 Å². The Hall–Kier alpha value is -2.09. The second-order valence-corrected chi connectivity index (χ2v) is 7.81. The third-order valence-electron chi connectivity index (χ3n) is 6.00. The smallest absolute Gasteiger partial charge is 0.261 e. The molecule has 1 saturated heterocycles. The lowest BCUT2D eigenvalue weighted by molar-refractivity contribution is 0.0102. The van der Waals surface area contributed by atoms with Gasteiger partial charge in [0.25, 0.3) is 5.92 Å². The normalized spacial score (nSPS) is 26.8. The van der Waals surface area contributed by atoms with E-state index in [1.165, 1.54) is 0 Å². The summed E-state index contributed by atoms with van der Waals surface area (Å²) in [7, 11) is 0. The Labute approximate surface area is 149 Å². The van der Waals surface area contributed by atoms with E-state index < -0.39 is 5.92 Å². The Kier molecular flexibility index (Phi) is 3.70. The van der Waals surface area contributed by atoms with Crippen LogP contribution in [0.15, 0.2) is 18.6 Å². The molecule has 1 aliphatic heterocycles. The van der Waals surface area contributed by atoms with Crippen molar-refractivity contribution in [2.24, 2.45) is 5.92 Å². The molecule has 138 valence electrons. The number of hydrogen-bond donors (Lipinski definition) is 1. The second-order valence-electron chi connectivity index (χ2n) is 7.81. The van der Waals surface area contributed by atoms with Crippen LogP contribution in [-0.2, 0) is 0 Å². The van der Waals surface area contributed by atoms with Gasteiger partial charge in [0.05, 0.1) is 12.2 Å². The number of hydrogen-bond acceptors (Lipinski definition) is 4. The fourth-order valence-corrected chi connectivity index (χ4v) is 4.64. The zero-order chi connectivity index (χ0) is 17.7. The van der Waals surface area contributed by atoms with Crippen LogP contribution in [0.25, 0.3) is 16.6 Å². The standard InChI is InChI=1S/C18H22F2N6/c19-18(20)6-8-25(10-18)9-12-1-3-13(4-2-12)15-16-14-5-7-21-17(14)22-11-26(16)24-23-15/h5,7,11-13,21H,1-4,6,8-10H2. The van der Waals surface area contributed by atoms with E-state index in [0.29, 0.717) is 18.4 Å². The lowest BCUT2D eigenvalue weighted by atomic mass is 9.80. The number of fused-ring (bicyclic) bond motifs is 3. The maximum Gasteiger partial charge on any atom is 0.261 e. The summed E-state index contributed by atoms with van der Waals surface area (Å²) in [6, 6.07) is 2.02. The monoisotopic (exact) mass is 360 g/mol. The first-order chi connectivity index (χ1) is 12.6. The number of halogens is 2. The fourth-order valence-electron chi connectivity index (χ4n) is 4.64. The van der Waals surface area contributed by atoms with E-state index in [9.17, 15) is 8.78 Å². The van der Waals surface area contributed by atoms with Gasteiger partial charge in [-0.1, -0.05) is 5.21 Å². The van der Waals surface area contributed by atoms with Gasteiger partial charge < -0.3 is 4.98 Å². The van der Waals surface area contributed by atoms with E-state index in [0.717, 1.165) is 54.5 Å².